The lowest BCUT2D eigenvalue weighted by molar-refractivity contribution is -0.107. The Morgan fingerprint density at radius 2 is 1.88 bits per heavy atom. The van der Waals surface area contributed by atoms with E-state index in [4.69, 9.17) is 4.89 Å². The maximum Gasteiger partial charge on any atom is 0.366 e. The van der Waals surface area contributed by atoms with Crippen molar-refractivity contribution < 1.29 is 19.0 Å². The minimum absolute atomic E-state index is 0.0117. The molecule has 2 aromatic carbocycles. The fourth-order valence-corrected chi connectivity index (χ4v) is 1.72. The average molecular weight is 252 g/mol. The van der Waals surface area contributed by atoms with Crippen LogP contribution in [-0.4, -0.2) is 11.1 Å². The number of benzene rings is 2. The highest BCUT2D eigenvalue weighted by Gasteiger charge is 2.18. The molecule has 1 atom stereocenters. The summed E-state index contributed by atoms with van der Waals surface area (Å²) in [6, 6.07) is 13.0. The van der Waals surface area contributed by atoms with Crippen molar-refractivity contribution in [2.24, 2.45) is 0 Å². The molecule has 0 radical (unpaired) electrons. The monoisotopic (exact) mass is 252 g/mol. The summed E-state index contributed by atoms with van der Waals surface area (Å²) in [5.41, 5.74) is 0. The Kier molecular flexibility index (Phi) is 3.48. The highest BCUT2D eigenvalue weighted by Crippen LogP contribution is 2.42. The molecule has 0 fully saturated rings. The molecule has 1 unspecified atom stereocenters. The van der Waals surface area contributed by atoms with Crippen molar-refractivity contribution in [2.75, 3.05) is 6.16 Å². The number of hydrogen-bond acceptors (Lipinski definition) is 3. The number of rotatable bonds is 4. The van der Waals surface area contributed by atoms with Crippen molar-refractivity contribution in [3.8, 4) is 5.75 Å². The molecule has 0 saturated heterocycles. The molecule has 4 nitrogen and oxygen atoms in total. The van der Waals surface area contributed by atoms with Crippen molar-refractivity contribution in [2.45, 2.75) is 6.92 Å². The summed E-state index contributed by atoms with van der Waals surface area (Å²) < 4.78 is 15.9. The summed E-state index contributed by atoms with van der Waals surface area (Å²) in [5, 5.41) is 1.82. The first-order valence-electron chi connectivity index (χ1n) is 5.28. The molecule has 2 aromatic rings. The zero-order valence-electron chi connectivity index (χ0n) is 9.37. The minimum Gasteiger partial charge on any atom is -0.328 e. The summed E-state index contributed by atoms with van der Waals surface area (Å²) in [5.74, 6) is 0.436. The predicted molar refractivity (Wildman–Crippen MR) is 66.0 cm³/mol. The summed E-state index contributed by atoms with van der Waals surface area (Å²) in [6.07, 6.45) is 0.0117. The van der Waals surface area contributed by atoms with Crippen molar-refractivity contribution in [1.29, 1.82) is 0 Å². The maximum absolute atomic E-state index is 11.3. The zero-order chi connectivity index (χ0) is 12.3. The summed E-state index contributed by atoms with van der Waals surface area (Å²) in [7, 11) is -3.64. The van der Waals surface area contributed by atoms with Crippen LogP contribution in [0.3, 0.4) is 0 Å². The van der Waals surface area contributed by atoms with Gasteiger partial charge >= 0.3 is 7.60 Å². The Balaban J connectivity index is 2.27. The van der Waals surface area contributed by atoms with E-state index in [1.165, 1.54) is 0 Å². The zero-order valence-corrected chi connectivity index (χ0v) is 10.3. The SMILES string of the molecule is CCP(=O)(O)OOc1cccc2ccccc12. The van der Waals surface area contributed by atoms with Gasteiger partial charge in [-0.3, -0.25) is 4.57 Å². The molecule has 0 spiro atoms. The summed E-state index contributed by atoms with van der Waals surface area (Å²) in [4.78, 5) is 14.2. The topological polar surface area (TPSA) is 55.8 Å². The molecule has 0 aliphatic carbocycles. The smallest absolute Gasteiger partial charge is 0.328 e. The quantitative estimate of drug-likeness (QED) is 0.515. The van der Waals surface area contributed by atoms with Crippen LogP contribution in [0.4, 0.5) is 0 Å². The Morgan fingerprint density at radius 3 is 2.65 bits per heavy atom. The van der Waals surface area contributed by atoms with Crippen LogP contribution < -0.4 is 4.89 Å². The molecule has 0 amide bonds. The van der Waals surface area contributed by atoms with E-state index < -0.39 is 7.60 Å². The second-order valence-electron chi connectivity index (χ2n) is 3.59. The van der Waals surface area contributed by atoms with Crippen molar-refractivity contribution in [3.63, 3.8) is 0 Å². The van der Waals surface area contributed by atoms with Gasteiger partial charge in [-0.25, -0.2) is 0 Å². The van der Waals surface area contributed by atoms with Crippen LogP contribution in [0.1, 0.15) is 6.92 Å². The lowest BCUT2D eigenvalue weighted by atomic mass is 10.1. The first kappa shape index (κ1) is 12.1. The van der Waals surface area contributed by atoms with Crippen LogP contribution in [0.2, 0.25) is 0 Å². The molecule has 0 aliphatic rings. The summed E-state index contributed by atoms with van der Waals surface area (Å²) in [6.45, 7) is 1.56. The van der Waals surface area contributed by atoms with E-state index in [-0.39, 0.29) is 6.16 Å². The van der Waals surface area contributed by atoms with E-state index in [0.29, 0.717) is 5.75 Å². The molecule has 1 N–H and O–H groups in total. The first-order valence-corrected chi connectivity index (χ1v) is 7.04. The molecule has 0 bridgehead atoms. The van der Waals surface area contributed by atoms with Gasteiger partial charge in [-0.2, -0.15) is 0 Å². The van der Waals surface area contributed by atoms with Gasteiger partial charge in [0.15, 0.2) is 5.75 Å². The lowest BCUT2D eigenvalue weighted by Gasteiger charge is -2.10. The van der Waals surface area contributed by atoms with E-state index in [9.17, 15) is 9.46 Å². The van der Waals surface area contributed by atoms with E-state index >= 15 is 0 Å². The molecule has 0 aromatic heterocycles. The standard InChI is InChI=1S/C12H13O4P/c1-2-17(13,14)16-15-12-9-5-7-10-6-3-4-8-11(10)12/h3-9H,2H2,1H3,(H,13,14). The number of fused-ring (bicyclic) bond motifs is 1. The summed E-state index contributed by atoms with van der Waals surface area (Å²) >= 11 is 0. The fourth-order valence-electron chi connectivity index (χ4n) is 1.42. The second kappa shape index (κ2) is 4.88. The molecular weight excluding hydrogens is 239 g/mol. The molecular formula is C12H13O4P. The largest absolute Gasteiger partial charge is 0.366 e. The highest BCUT2D eigenvalue weighted by molar-refractivity contribution is 7.52. The van der Waals surface area contributed by atoms with Crippen molar-refractivity contribution in [1.82, 2.24) is 0 Å². The molecule has 17 heavy (non-hydrogen) atoms. The first-order chi connectivity index (χ1) is 8.12. The van der Waals surface area contributed by atoms with Gasteiger partial charge in [-0.15, -0.1) is 0 Å². The third kappa shape index (κ3) is 2.86. The van der Waals surface area contributed by atoms with E-state index in [1.807, 2.05) is 30.3 Å². The van der Waals surface area contributed by atoms with E-state index in [1.54, 1.807) is 19.1 Å². The number of hydrogen-bond donors (Lipinski definition) is 1. The van der Waals surface area contributed by atoms with Gasteiger partial charge < -0.3 is 9.78 Å². The molecule has 0 aliphatic heterocycles. The minimum atomic E-state index is -3.64. The van der Waals surface area contributed by atoms with Crippen LogP contribution in [0, 0.1) is 0 Å². The Morgan fingerprint density at radius 1 is 1.18 bits per heavy atom. The third-order valence-corrected chi connectivity index (χ3v) is 3.50. The van der Waals surface area contributed by atoms with Gasteiger partial charge in [-0.05, 0) is 11.5 Å². The van der Waals surface area contributed by atoms with E-state index in [0.717, 1.165) is 10.8 Å². The molecule has 0 heterocycles. The Hall–Kier alpha value is -1.35. The van der Waals surface area contributed by atoms with Gasteiger partial charge in [0.25, 0.3) is 0 Å². The van der Waals surface area contributed by atoms with Gasteiger partial charge in [-0.1, -0.05) is 48.0 Å². The Labute approximate surface area is 99.3 Å². The van der Waals surface area contributed by atoms with Crippen LogP contribution >= 0.6 is 7.60 Å². The lowest BCUT2D eigenvalue weighted by Crippen LogP contribution is -1.97. The fraction of sp³-hybridized carbons (Fsp3) is 0.167. The van der Waals surface area contributed by atoms with Gasteiger partial charge in [0, 0.05) is 5.39 Å². The van der Waals surface area contributed by atoms with Gasteiger partial charge in [0.2, 0.25) is 0 Å². The maximum atomic E-state index is 11.3. The molecule has 2 rings (SSSR count). The molecule has 5 heteroatoms. The molecule has 0 saturated carbocycles. The van der Waals surface area contributed by atoms with Gasteiger partial charge in [0.05, 0.1) is 6.16 Å². The highest BCUT2D eigenvalue weighted by atomic mass is 31.2. The normalized spacial score (nSPS) is 14.5. The van der Waals surface area contributed by atoms with Crippen LogP contribution in [0.5, 0.6) is 5.75 Å². The van der Waals surface area contributed by atoms with Crippen LogP contribution in [-0.2, 0) is 9.24 Å². The van der Waals surface area contributed by atoms with Crippen LogP contribution in [0.15, 0.2) is 42.5 Å². The Bertz CT molecular complexity index is 562. The van der Waals surface area contributed by atoms with Crippen molar-refractivity contribution in [3.05, 3.63) is 42.5 Å². The van der Waals surface area contributed by atoms with Crippen LogP contribution in [0.25, 0.3) is 10.8 Å². The second-order valence-corrected chi connectivity index (χ2v) is 5.65. The third-order valence-electron chi connectivity index (χ3n) is 2.39. The van der Waals surface area contributed by atoms with Gasteiger partial charge in [0.1, 0.15) is 0 Å². The predicted octanol–water partition coefficient (Wildman–Crippen LogP) is 3.36. The molecule has 90 valence electrons. The van der Waals surface area contributed by atoms with E-state index in [2.05, 4.69) is 4.67 Å². The van der Waals surface area contributed by atoms with Crippen molar-refractivity contribution >= 4 is 18.4 Å². The average Bonchev–Trinajstić information content (AvgIpc) is 2.36.